The Bertz CT molecular complexity index is 951. The Labute approximate surface area is 162 Å². The highest BCUT2D eigenvalue weighted by Crippen LogP contribution is 2.20. The summed E-state index contributed by atoms with van der Waals surface area (Å²) in [5.74, 6) is 0.485. The van der Waals surface area contributed by atoms with Crippen molar-refractivity contribution in [3.63, 3.8) is 0 Å². The second-order valence-electron chi connectivity index (χ2n) is 6.53. The van der Waals surface area contributed by atoms with Crippen molar-refractivity contribution in [2.75, 3.05) is 13.2 Å². The van der Waals surface area contributed by atoms with E-state index in [-0.39, 0.29) is 18.6 Å². The molecule has 1 unspecified atom stereocenters. The lowest BCUT2D eigenvalue weighted by Gasteiger charge is -2.12. The normalized spacial score (nSPS) is 16.6. The Balaban J connectivity index is 1.35. The number of carbonyl (C=O) groups is 1. The van der Waals surface area contributed by atoms with Crippen LogP contribution in [-0.2, 0) is 22.6 Å². The highest BCUT2D eigenvalue weighted by Gasteiger charge is 2.17. The number of halogens is 1. The molecule has 0 radical (unpaired) electrons. The van der Waals surface area contributed by atoms with Gasteiger partial charge in [-0.15, -0.1) is 0 Å². The maximum absolute atomic E-state index is 12.3. The van der Waals surface area contributed by atoms with Crippen LogP contribution in [0.15, 0.2) is 48.8 Å². The second-order valence-corrected chi connectivity index (χ2v) is 6.97. The highest BCUT2D eigenvalue weighted by molar-refractivity contribution is 6.31. The summed E-state index contributed by atoms with van der Waals surface area (Å²) >= 11 is 6.06. The van der Waals surface area contributed by atoms with Gasteiger partial charge in [0.15, 0.2) is 0 Å². The molecule has 0 saturated carbocycles. The first-order valence-corrected chi connectivity index (χ1v) is 9.25. The first-order valence-electron chi connectivity index (χ1n) is 8.88. The van der Waals surface area contributed by atoms with E-state index in [0.29, 0.717) is 24.1 Å². The van der Waals surface area contributed by atoms with Gasteiger partial charge in [0.2, 0.25) is 11.8 Å². The third kappa shape index (κ3) is 4.40. The number of rotatable bonds is 6. The highest BCUT2D eigenvalue weighted by atomic mass is 35.5. The minimum Gasteiger partial charge on any atom is -0.472 e. The number of nitrogens with zero attached hydrogens (tertiary/aromatic N) is 2. The van der Waals surface area contributed by atoms with Crippen LogP contribution in [0.1, 0.15) is 12.0 Å². The fourth-order valence-electron chi connectivity index (χ4n) is 3.11. The van der Waals surface area contributed by atoms with Crippen LogP contribution in [0, 0.1) is 0 Å². The predicted octanol–water partition coefficient (Wildman–Crippen LogP) is 3.17. The van der Waals surface area contributed by atoms with Crippen LogP contribution in [0.25, 0.3) is 10.9 Å². The standard InChI is InChI=1S/C20H20ClN3O3/c21-16-2-1-15-4-7-24(18(15)10-16)12-19(25)23-11-14-3-6-22-20(9-14)27-17-5-8-26-13-17/h1-4,6-7,9-10,17H,5,8,11-13H2,(H,23,25). The Morgan fingerprint density at radius 2 is 2.26 bits per heavy atom. The molecule has 3 heterocycles. The molecule has 1 N–H and O–H groups in total. The number of aromatic nitrogens is 2. The van der Waals surface area contributed by atoms with E-state index in [2.05, 4.69) is 10.3 Å². The van der Waals surface area contributed by atoms with Crippen molar-refractivity contribution >= 4 is 28.4 Å². The largest absolute Gasteiger partial charge is 0.472 e. The van der Waals surface area contributed by atoms with Crippen LogP contribution >= 0.6 is 11.6 Å². The van der Waals surface area contributed by atoms with Gasteiger partial charge in [-0.05, 0) is 35.2 Å². The van der Waals surface area contributed by atoms with Crippen LogP contribution in [0.3, 0.4) is 0 Å². The fraction of sp³-hybridized carbons (Fsp3) is 0.300. The SMILES string of the molecule is O=C(Cn1ccc2ccc(Cl)cc21)NCc1ccnc(OC2CCOC2)c1. The maximum Gasteiger partial charge on any atom is 0.240 e. The van der Waals surface area contributed by atoms with E-state index in [1.54, 1.807) is 6.20 Å². The summed E-state index contributed by atoms with van der Waals surface area (Å²) in [5.41, 5.74) is 1.88. The molecule has 0 spiro atoms. The predicted molar refractivity (Wildman–Crippen MR) is 103 cm³/mol. The van der Waals surface area contributed by atoms with Gasteiger partial charge in [0.25, 0.3) is 0 Å². The van der Waals surface area contributed by atoms with Gasteiger partial charge in [-0.25, -0.2) is 4.98 Å². The van der Waals surface area contributed by atoms with Crippen molar-refractivity contribution in [2.45, 2.75) is 25.6 Å². The Morgan fingerprint density at radius 1 is 1.33 bits per heavy atom. The van der Waals surface area contributed by atoms with Gasteiger partial charge >= 0.3 is 0 Å². The van der Waals surface area contributed by atoms with E-state index >= 15 is 0 Å². The summed E-state index contributed by atoms with van der Waals surface area (Å²) in [7, 11) is 0. The van der Waals surface area contributed by atoms with Gasteiger partial charge in [-0.1, -0.05) is 17.7 Å². The molecule has 1 amide bonds. The molecule has 140 valence electrons. The van der Waals surface area contributed by atoms with E-state index in [9.17, 15) is 4.79 Å². The molecule has 0 bridgehead atoms. The molecule has 1 aliphatic heterocycles. The summed E-state index contributed by atoms with van der Waals surface area (Å²) in [6, 6.07) is 11.3. The van der Waals surface area contributed by atoms with Gasteiger partial charge in [-0.2, -0.15) is 0 Å². The number of ether oxygens (including phenoxy) is 2. The zero-order valence-corrected chi connectivity index (χ0v) is 15.5. The lowest BCUT2D eigenvalue weighted by Crippen LogP contribution is -2.27. The third-order valence-corrected chi connectivity index (χ3v) is 4.75. The second kappa shape index (κ2) is 7.98. The molecule has 1 aromatic carbocycles. The van der Waals surface area contributed by atoms with E-state index in [1.807, 2.05) is 47.2 Å². The zero-order valence-electron chi connectivity index (χ0n) is 14.7. The van der Waals surface area contributed by atoms with E-state index in [1.165, 1.54) is 0 Å². The molecule has 2 aromatic heterocycles. The number of pyridine rings is 1. The monoisotopic (exact) mass is 385 g/mol. The molecule has 1 atom stereocenters. The first-order chi connectivity index (χ1) is 13.2. The number of nitrogens with one attached hydrogen (secondary N) is 1. The summed E-state index contributed by atoms with van der Waals surface area (Å²) in [4.78, 5) is 16.6. The average molecular weight is 386 g/mol. The smallest absolute Gasteiger partial charge is 0.240 e. The lowest BCUT2D eigenvalue weighted by molar-refractivity contribution is -0.121. The Hall–Kier alpha value is -2.57. The van der Waals surface area contributed by atoms with Gasteiger partial charge in [-0.3, -0.25) is 4.79 Å². The Morgan fingerprint density at radius 3 is 3.11 bits per heavy atom. The molecule has 27 heavy (non-hydrogen) atoms. The van der Waals surface area contributed by atoms with E-state index in [0.717, 1.165) is 29.5 Å². The van der Waals surface area contributed by atoms with Gasteiger partial charge < -0.3 is 19.4 Å². The maximum atomic E-state index is 12.3. The molecule has 1 fully saturated rings. The number of benzene rings is 1. The minimum absolute atomic E-state index is 0.0520. The fourth-order valence-corrected chi connectivity index (χ4v) is 3.27. The summed E-state index contributed by atoms with van der Waals surface area (Å²) in [6.45, 7) is 1.97. The molecule has 1 saturated heterocycles. The molecule has 7 heteroatoms. The van der Waals surface area contributed by atoms with Crippen LogP contribution in [0.5, 0.6) is 5.88 Å². The van der Waals surface area contributed by atoms with Crippen molar-refractivity contribution in [3.05, 3.63) is 59.4 Å². The van der Waals surface area contributed by atoms with Crippen molar-refractivity contribution in [1.29, 1.82) is 0 Å². The topological polar surface area (TPSA) is 65.4 Å². The van der Waals surface area contributed by atoms with Crippen LogP contribution in [0.4, 0.5) is 0 Å². The number of fused-ring (bicyclic) bond motifs is 1. The zero-order chi connectivity index (χ0) is 18.6. The summed E-state index contributed by atoms with van der Waals surface area (Å²) < 4.78 is 13.0. The van der Waals surface area contributed by atoms with E-state index in [4.69, 9.17) is 21.1 Å². The van der Waals surface area contributed by atoms with E-state index < -0.39 is 0 Å². The molecule has 4 rings (SSSR count). The average Bonchev–Trinajstić information content (AvgIpc) is 3.31. The van der Waals surface area contributed by atoms with Crippen molar-refractivity contribution in [2.24, 2.45) is 0 Å². The summed E-state index contributed by atoms with van der Waals surface area (Å²) in [5, 5.41) is 4.64. The molecule has 6 nitrogen and oxygen atoms in total. The number of amides is 1. The molecule has 0 aliphatic carbocycles. The first kappa shape index (κ1) is 17.8. The van der Waals surface area contributed by atoms with Gasteiger partial charge in [0.05, 0.1) is 13.2 Å². The number of carbonyl (C=O) groups excluding carboxylic acids is 1. The molecule has 1 aliphatic rings. The Kier molecular flexibility index (Phi) is 5.27. The van der Waals surface area contributed by atoms with Crippen molar-refractivity contribution in [3.8, 4) is 5.88 Å². The van der Waals surface area contributed by atoms with Gasteiger partial charge in [0, 0.05) is 42.0 Å². The quantitative estimate of drug-likeness (QED) is 0.707. The molecule has 3 aromatic rings. The minimum atomic E-state index is -0.0732. The van der Waals surface area contributed by atoms with Crippen LogP contribution in [0.2, 0.25) is 5.02 Å². The van der Waals surface area contributed by atoms with Crippen LogP contribution in [-0.4, -0.2) is 34.8 Å². The van der Waals surface area contributed by atoms with Gasteiger partial charge in [0.1, 0.15) is 12.6 Å². The molecular formula is C20H20ClN3O3. The summed E-state index contributed by atoms with van der Waals surface area (Å²) in [6.07, 6.45) is 4.50. The third-order valence-electron chi connectivity index (χ3n) is 4.51. The van der Waals surface area contributed by atoms with Crippen molar-refractivity contribution in [1.82, 2.24) is 14.9 Å². The molecular weight excluding hydrogens is 366 g/mol. The number of hydrogen-bond acceptors (Lipinski definition) is 4. The van der Waals surface area contributed by atoms with Crippen LogP contribution < -0.4 is 10.1 Å². The number of hydrogen-bond donors (Lipinski definition) is 1. The van der Waals surface area contributed by atoms with Crippen molar-refractivity contribution < 1.29 is 14.3 Å². The lowest BCUT2D eigenvalue weighted by atomic mass is 10.2.